The molecule has 0 rings (SSSR count). The molecule has 2 heteroatoms. The lowest BCUT2D eigenvalue weighted by Gasteiger charge is -2.37. The molecule has 0 saturated carbocycles. The third-order valence-electron chi connectivity index (χ3n) is 4.47. The van der Waals surface area contributed by atoms with Gasteiger partial charge in [-0.3, -0.25) is 0 Å². The van der Waals surface area contributed by atoms with Gasteiger partial charge in [-0.05, 0) is 29.0 Å². The highest BCUT2D eigenvalue weighted by atomic mass is 28.3. The van der Waals surface area contributed by atoms with Crippen molar-refractivity contribution in [2.24, 2.45) is 0 Å². The molecule has 0 aliphatic carbocycles. The Morgan fingerprint density at radius 1 is 1.00 bits per heavy atom. The standard InChI is InChI=1S/C20H33FSi/c1-8-9-10-11-12-13-14-20(21)15-16-22(17(2)3,18(4)5)19(6)7/h14,17-19H,8-11H2,1-7H3/b20-14+. The van der Waals surface area contributed by atoms with E-state index >= 15 is 0 Å². The fourth-order valence-electron chi connectivity index (χ4n) is 3.29. The molecular formula is C20H33FSi. The topological polar surface area (TPSA) is 0 Å². The van der Waals surface area contributed by atoms with Crippen molar-refractivity contribution in [3.8, 4) is 23.3 Å². The smallest absolute Gasteiger partial charge is 0.180 e. The van der Waals surface area contributed by atoms with Gasteiger partial charge in [-0.1, -0.05) is 73.1 Å². The molecule has 124 valence electrons. The Kier molecular flexibility index (Phi) is 10.2. The Morgan fingerprint density at radius 2 is 1.55 bits per heavy atom. The molecule has 0 amide bonds. The SMILES string of the molecule is CCCCCC#C/C=C(/F)C#C[Si](C(C)C)(C(C)C)C(C)C. The Morgan fingerprint density at radius 3 is 2.00 bits per heavy atom. The maximum absolute atomic E-state index is 13.9. The van der Waals surface area contributed by atoms with Crippen LogP contribution < -0.4 is 0 Å². The minimum Gasteiger partial charge on any atom is -0.196 e. The number of rotatable bonds is 6. The van der Waals surface area contributed by atoms with Crippen molar-refractivity contribution >= 4 is 8.07 Å². The van der Waals surface area contributed by atoms with Crippen LogP contribution in [0.3, 0.4) is 0 Å². The summed E-state index contributed by atoms with van der Waals surface area (Å²) in [6.07, 6.45) is 5.64. The highest BCUT2D eigenvalue weighted by molar-refractivity contribution is 6.90. The van der Waals surface area contributed by atoms with Crippen LogP contribution in [0, 0.1) is 23.3 Å². The minimum absolute atomic E-state index is 0.387. The average Bonchev–Trinajstić information content (AvgIpc) is 2.42. The normalized spacial score (nSPS) is 12.2. The van der Waals surface area contributed by atoms with Gasteiger partial charge in [0.25, 0.3) is 0 Å². The molecule has 0 heterocycles. The lowest BCUT2D eigenvalue weighted by Crippen LogP contribution is -2.43. The molecule has 0 aromatic rings. The zero-order valence-corrected chi connectivity index (χ0v) is 16.5. The Balaban J connectivity index is 5.06. The Hall–Kier alpha value is -0.993. The van der Waals surface area contributed by atoms with Gasteiger partial charge < -0.3 is 0 Å². The van der Waals surface area contributed by atoms with Crippen molar-refractivity contribution in [3.63, 3.8) is 0 Å². The van der Waals surface area contributed by atoms with E-state index in [1.165, 1.54) is 18.9 Å². The van der Waals surface area contributed by atoms with Gasteiger partial charge in [-0.15, -0.1) is 5.54 Å². The summed E-state index contributed by atoms with van der Waals surface area (Å²) in [6, 6.07) is 0. The van der Waals surface area contributed by atoms with Crippen LogP contribution in [-0.4, -0.2) is 8.07 Å². The second-order valence-corrected chi connectivity index (χ2v) is 12.5. The first-order valence-corrected chi connectivity index (χ1v) is 10.9. The minimum atomic E-state index is -1.85. The van der Waals surface area contributed by atoms with Crippen molar-refractivity contribution in [1.82, 2.24) is 0 Å². The van der Waals surface area contributed by atoms with Crippen LogP contribution in [-0.2, 0) is 0 Å². The number of unbranched alkanes of at least 4 members (excludes halogenated alkanes) is 3. The first kappa shape index (κ1) is 21.0. The summed E-state index contributed by atoms with van der Waals surface area (Å²) in [5, 5.41) is 0. The van der Waals surface area contributed by atoms with E-state index in [-0.39, 0.29) is 5.83 Å². The average molecular weight is 321 g/mol. The van der Waals surface area contributed by atoms with Crippen molar-refractivity contribution in [2.75, 3.05) is 0 Å². The van der Waals surface area contributed by atoms with Crippen LogP contribution in [0.1, 0.15) is 74.1 Å². The largest absolute Gasteiger partial charge is 0.196 e. The summed E-state index contributed by atoms with van der Waals surface area (Å²) < 4.78 is 13.9. The van der Waals surface area contributed by atoms with Crippen molar-refractivity contribution in [2.45, 2.75) is 90.8 Å². The lowest BCUT2D eigenvalue weighted by atomic mass is 10.2. The van der Waals surface area contributed by atoms with Crippen LogP contribution >= 0.6 is 0 Å². The van der Waals surface area contributed by atoms with Gasteiger partial charge in [0.1, 0.15) is 8.07 Å². The van der Waals surface area contributed by atoms with Gasteiger partial charge in [0.05, 0.1) is 0 Å². The van der Waals surface area contributed by atoms with Gasteiger partial charge in [0, 0.05) is 12.5 Å². The van der Waals surface area contributed by atoms with E-state index < -0.39 is 8.07 Å². The number of hydrogen-bond acceptors (Lipinski definition) is 0. The monoisotopic (exact) mass is 320 g/mol. The second kappa shape index (κ2) is 10.7. The molecule has 0 aromatic heterocycles. The second-order valence-electron chi connectivity index (χ2n) is 6.92. The van der Waals surface area contributed by atoms with Crippen LogP contribution in [0.25, 0.3) is 0 Å². The highest BCUT2D eigenvalue weighted by Gasteiger charge is 2.41. The van der Waals surface area contributed by atoms with E-state index in [0.29, 0.717) is 16.6 Å². The van der Waals surface area contributed by atoms with Crippen LogP contribution in [0.4, 0.5) is 4.39 Å². The molecular weight excluding hydrogens is 287 g/mol. The number of halogens is 1. The summed E-state index contributed by atoms with van der Waals surface area (Å²) >= 11 is 0. The van der Waals surface area contributed by atoms with Crippen LogP contribution in [0.15, 0.2) is 11.9 Å². The van der Waals surface area contributed by atoms with Crippen molar-refractivity contribution in [1.29, 1.82) is 0 Å². The predicted octanol–water partition coefficient (Wildman–Crippen LogP) is 6.64. The van der Waals surface area contributed by atoms with E-state index in [1.807, 2.05) is 0 Å². The molecule has 0 saturated heterocycles. The summed E-state index contributed by atoms with van der Waals surface area (Å²) in [5.41, 5.74) is 4.93. The van der Waals surface area contributed by atoms with Crippen molar-refractivity contribution in [3.05, 3.63) is 11.9 Å². The summed E-state index contributed by atoms with van der Waals surface area (Å²) in [5.74, 6) is 8.17. The third-order valence-corrected chi connectivity index (χ3v) is 10.8. The predicted molar refractivity (Wildman–Crippen MR) is 99.9 cm³/mol. The number of hydrogen-bond donors (Lipinski definition) is 0. The fourth-order valence-corrected chi connectivity index (χ4v) is 8.49. The molecule has 0 unspecified atom stereocenters. The Bertz CT molecular complexity index is 442. The molecule has 22 heavy (non-hydrogen) atoms. The molecule has 0 spiro atoms. The van der Waals surface area contributed by atoms with E-state index in [9.17, 15) is 4.39 Å². The summed E-state index contributed by atoms with van der Waals surface area (Å²) in [6.45, 7) is 15.6. The fraction of sp³-hybridized carbons (Fsp3) is 0.700. The Labute approximate surface area is 139 Å². The maximum atomic E-state index is 13.9. The molecule has 0 bridgehead atoms. The quantitative estimate of drug-likeness (QED) is 0.292. The summed E-state index contributed by atoms with van der Waals surface area (Å²) in [4.78, 5) is 0. The van der Waals surface area contributed by atoms with E-state index in [4.69, 9.17) is 0 Å². The van der Waals surface area contributed by atoms with E-state index in [2.05, 4.69) is 71.8 Å². The molecule has 0 aliphatic rings. The van der Waals surface area contributed by atoms with Crippen molar-refractivity contribution < 1.29 is 4.39 Å². The van der Waals surface area contributed by atoms with Gasteiger partial charge in [0.15, 0.2) is 5.83 Å². The molecule has 0 N–H and O–H groups in total. The highest BCUT2D eigenvalue weighted by Crippen LogP contribution is 2.40. The molecule has 0 atom stereocenters. The number of allylic oxidation sites excluding steroid dienone is 2. The molecule has 0 aromatic carbocycles. The molecule has 0 aliphatic heterocycles. The first-order valence-electron chi connectivity index (χ1n) is 8.66. The third kappa shape index (κ3) is 6.41. The van der Waals surface area contributed by atoms with E-state index in [1.54, 1.807) is 0 Å². The molecule has 0 radical (unpaired) electrons. The molecule has 0 nitrogen and oxygen atoms in total. The zero-order valence-electron chi connectivity index (χ0n) is 15.5. The first-order chi connectivity index (χ1) is 10.3. The lowest BCUT2D eigenvalue weighted by molar-refractivity contribution is 0.676. The maximum Gasteiger partial charge on any atom is 0.180 e. The summed E-state index contributed by atoms with van der Waals surface area (Å²) in [7, 11) is -1.85. The zero-order chi connectivity index (χ0) is 17.2. The van der Waals surface area contributed by atoms with Gasteiger partial charge in [-0.25, -0.2) is 0 Å². The van der Waals surface area contributed by atoms with Crippen LogP contribution in [0.5, 0.6) is 0 Å². The van der Waals surface area contributed by atoms with Gasteiger partial charge >= 0.3 is 0 Å². The van der Waals surface area contributed by atoms with Gasteiger partial charge in [0.2, 0.25) is 0 Å². The van der Waals surface area contributed by atoms with E-state index in [0.717, 1.165) is 12.8 Å². The molecule has 0 fully saturated rings. The van der Waals surface area contributed by atoms with Crippen LogP contribution in [0.2, 0.25) is 16.6 Å². The van der Waals surface area contributed by atoms with Gasteiger partial charge in [-0.2, -0.15) is 4.39 Å².